The summed E-state index contributed by atoms with van der Waals surface area (Å²) in [6.07, 6.45) is 0. The molecule has 0 spiro atoms. The van der Waals surface area contributed by atoms with Crippen LogP contribution < -0.4 is 10.6 Å². The van der Waals surface area contributed by atoms with Crippen molar-refractivity contribution in [1.82, 2.24) is 5.32 Å². The third-order valence-electron chi connectivity index (χ3n) is 3.11. The molecule has 5 heteroatoms. The lowest BCUT2D eigenvalue weighted by Gasteiger charge is -2.14. The van der Waals surface area contributed by atoms with Crippen LogP contribution in [0.5, 0.6) is 0 Å². The summed E-state index contributed by atoms with van der Waals surface area (Å²) in [5.41, 5.74) is 1.86. The van der Waals surface area contributed by atoms with Crippen molar-refractivity contribution in [2.24, 2.45) is 0 Å². The molecule has 0 saturated heterocycles. The van der Waals surface area contributed by atoms with E-state index in [-0.39, 0.29) is 11.5 Å². The maximum absolute atomic E-state index is 13.1. The van der Waals surface area contributed by atoms with Gasteiger partial charge in [0.1, 0.15) is 11.9 Å². The molecular formula is C17H17FN2O2. The normalized spacial score (nSPS) is 11.6. The van der Waals surface area contributed by atoms with E-state index in [2.05, 4.69) is 10.6 Å². The molecule has 2 N–H and O–H groups in total. The molecule has 0 aromatic heterocycles. The highest BCUT2D eigenvalue weighted by molar-refractivity contribution is 6.00. The molecule has 2 aromatic carbocycles. The van der Waals surface area contributed by atoms with Gasteiger partial charge in [0.2, 0.25) is 5.91 Å². The second kappa shape index (κ2) is 6.85. The molecule has 0 radical (unpaired) electrons. The lowest BCUT2D eigenvalue weighted by Crippen LogP contribution is -2.41. The van der Waals surface area contributed by atoms with Gasteiger partial charge in [0.05, 0.1) is 0 Å². The number of hydrogen-bond donors (Lipinski definition) is 2. The molecule has 4 nitrogen and oxygen atoms in total. The molecule has 0 aliphatic carbocycles. The molecule has 0 heterocycles. The van der Waals surface area contributed by atoms with Crippen molar-refractivity contribution in [2.75, 3.05) is 5.32 Å². The van der Waals surface area contributed by atoms with Crippen LogP contribution in [0.4, 0.5) is 10.1 Å². The van der Waals surface area contributed by atoms with Crippen LogP contribution in [-0.2, 0) is 4.79 Å². The molecule has 0 saturated carbocycles. The highest BCUT2D eigenvalue weighted by atomic mass is 19.1. The van der Waals surface area contributed by atoms with Crippen LogP contribution in [0.1, 0.15) is 22.8 Å². The fourth-order valence-corrected chi connectivity index (χ4v) is 1.95. The van der Waals surface area contributed by atoms with Crippen LogP contribution in [0.15, 0.2) is 48.5 Å². The number of amides is 2. The van der Waals surface area contributed by atoms with E-state index in [1.807, 2.05) is 25.1 Å². The first-order chi connectivity index (χ1) is 10.5. The molecule has 114 valence electrons. The van der Waals surface area contributed by atoms with Crippen LogP contribution in [0, 0.1) is 12.7 Å². The number of benzene rings is 2. The molecule has 0 unspecified atom stereocenters. The maximum Gasteiger partial charge on any atom is 0.252 e. The first-order valence-corrected chi connectivity index (χ1v) is 6.89. The predicted molar refractivity (Wildman–Crippen MR) is 83.1 cm³/mol. The van der Waals surface area contributed by atoms with E-state index in [1.165, 1.54) is 18.2 Å². The molecule has 0 aliphatic heterocycles. The Hall–Kier alpha value is -2.69. The van der Waals surface area contributed by atoms with Crippen LogP contribution in [0.3, 0.4) is 0 Å². The average molecular weight is 300 g/mol. The monoisotopic (exact) mass is 300 g/mol. The summed E-state index contributed by atoms with van der Waals surface area (Å²) in [7, 11) is 0. The average Bonchev–Trinajstić information content (AvgIpc) is 2.47. The number of anilines is 1. The minimum Gasteiger partial charge on any atom is -0.341 e. The second-order valence-electron chi connectivity index (χ2n) is 5.06. The Labute approximate surface area is 128 Å². The maximum atomic E-state index is 13.1. The highest BCUT2D eigenvalue weighted by Gasteiger charge is 2.17. The van der Waals surface area contributed by atoms with Gasteiger partial charge < -0.3 is 10.6 Å². The van der Waals surface area contributed by atoms with Crippen molar-refractivity contribution in [1.29, 1.82) is 0 Å². The number of aryl methyl sites for hydroxylation is 1. The summed E-state index contributed by atoms with van der Waals surface area (Å²) in [6, 6.07) is 11.9. The third-order valence-corrected chi connectivity index (χ3v) is 3.11. The molecule has 22 heavy (non-hydrogen) atoms. The molecule has 2 rings (SSSR count). The molecule has 0 bridgehead atoms. The van der Waals surface area contributed by atoms with Crippen molar-refractivity contribution in [3.8, 4) is 0 Å². The van der Waals surface area contributed by atoms with Gasteiger partial charge in [-0.3, -0.25) is 9.59 Å². The van der Waals surface area contributed by atoms with E-state index >= 15 is 0 Å². The van der Waals surface area contributed by atoms with Crippen molar-refractivity contribution >= 4 is 17.5 Å². The van der Waals surface area contributed by atoms with Gasteiger partial charge in [-0.25, -0.2) is 4.39 Å². The van der Waals surface area contributed by atoms with E-state index < -0.39 is 17.8 Å². The standard InChI is InChI=1S/C17H17FN2O2/c1-11-5-3-8-15(9-11)20-16(21)12(2)19-17(22)13-6-4-7-14(18)10-13/h3-10,12H,1-2H3,(H,19,22)(H,20,21)/t12-/m0/s1. The summed E-state index contributed by atoms with van der Waals surface area (Å²) in [5.74, 6) is -1.33. The van der Waals surface area contributed by atoms with E-state index in [1.54, 1.807) is 13.0 Å². The summed E-state index contributed by atoms with van der Waals surface area (Å²) in [4.78, 5) is 24.0. The molecule has 2 amide bonds. The fraction of sp³-hybridized carbons (Fsp3) is 0.176. The Balaban J connectivity index is 1.98. The molecule has 2 aromatic rings. The van der Waals surface area contributed by atoms with Crippen molar-refractivity contribution in [3.63, 3.8) is 0 Å². The topological polar surface area (TPSA) is 58.2 Å². The first kappa shape index (κ1) is 15.7. The number of carbonyl (C=O) groups is 2. The Kier molecular flexibility index (Phi) is 4.88. The van der Waals surface area contributed by atoms with Gasteiger partial charge in [0, 0.05) is 11.3 Å². The van der Waals surface area contributed by atoms with Crippen molar-refractivity contribution < 1.29 is 14.0 Å². The minimum atomic E-state index is -0.740. The Morgan fingerprint density at radius 2 is 1.82 bits per heavy atom. The summed E-state index contributed by atoms with van der Waals surface area (Å²) in [5, 5.41) is 5.26. The van der Waals surface area contributed by atoms with Crippen LogP contribution in [0.25, 0.3) is 0 Å². The number of halogens is 1. The van der Waals surface area contributed by atoms with Crippen molar-refractivity contribution in [2.45, 2.75) is 19.9 Å². The number of carbonyl (C=O) groups excluding carboxylic acids is 2. The van der Waals surface area contributed by atoms with Gasteiger partial charge in [0.15, 0.2) is 0 Å². The van der Waals surface area contributed by atoms with E-state index in [9.17, 15) is 14.0 Å². The predicted octanol–water partition coefficient (Wildman–Crippen LogP) is 2.89. The molecule has 0 fully saturated rings. The van der Waals surface area contributed by atoms with Gasteiger partial charge in [-0.2, -0.15) is 0 Å². The lowest BCUT2D eigenvalue weighted by atomic mass is 10.2. The third kappa shape index (κ3) is 4.15. The number of rotatable bonds is 4. The Bertz CT molecular complexity index is 701. The summed E-state index contributed by atoms with van der Waals surface area (Å²) in [6.45, 7) is 3.49. The highest BCUT2D eigenvalue weighted by Crippen LogP contribution is 2.10. The molecule has 1 atom stereocenters. The Morgan fingerprint density at radius 1 is 1.09 bits per heavy atom. The van der Waals surface area contributed by atoms with Gasteiger partial charge in [-0.15, -0.1) is 0 Å². The van der Waals surface area contributed by atoms with E-state index in [4.69, 9.17) is 0 Å². The minimum absolute atomic E-state index is 0.176. The van der Waals surface area contributed by atoms with Gasteiger partial charge in [-0.05, 0) is 49.7 Å². The van der Waals surface area contributed by atoms with Gasteiger partial charge in [0.25, 0.3) is 5.91 Å². The smallest absolute Gasteiger partial charge is 0.252 e. The van der Waals surface area contributed by atoms with Crippen molar-refractivity contribution in [3.05, 3.63) is 65.5 Å². The van der Waals surface area contributed by atoms with Gasteiger partial charge in [-0.1, -0.05) is 18.2 Å². The largest absolute Gasteiger partial charge is 0.341 e. The quantitative estimate of drug-likeness (QED) is 0.912. The zero-order chi connectivity index (χ0) is 16.1. The van der Waals surface area contributed by atoms with E-state index in [0.29, 0.717) is 5.69 Å². The molecule has 0 aliphatic rings. The number of hydrogen-bond acceptors (Lipinski definition) is 2. The van der Waals surface area contributed by atoms with Crippen LogP contribution >= 0.6 is 0 Å². The van der Waals surface area contributed by atoms with Crippen LogP contribution in [-0.4, -0.2) is 17.9 Å². The second-order valence-corrected chi connectivity index (χ2v) is 5.06. The SMILES string of the molecule is Cc1cccc(NC(=O)[C@H](C)NC(=O)c2cccc(F)c2)c1. The summed E-state index contributed by atoms with van der Waals surface area (Å²) >= 11 is 0. The zero-order valence-corrected chi connectivity index (χ0v) is 12.4. The lowest BCUT2D eigenvalue weighted by molar-refractivity contribution is -0.117. The first-order valence-electron chi connectivity index (χ1n) is 6.89. The van der Waals surface area contributed by atoms with Crippen LogP contribution in [0.2, 0.25) is 0 Å². The Morgan fingerprint density at radius 3 is 2.50 bits per heavy atom. The summed E-state index contributed by atoms with van der Waals surface area (Å²) < 4.78 is 13.1. The molecular weight excluding hydrogens is 283 g/mol. The fourth-order valence-electron chi connectivity index (χ4n) is 1.95. The van der Waals surface area contributed by atoms with E-state index in [0.717, 1.165) is 11.6 Å². The zero-order valence-electron chi connectivity index (χ0n) is 12.4. The number of nitrogens with one attached hydrogen (secondary N) is 2. The van der Waals surface area contributed by atoms with Gasteiger partial charge >= 0.3 is 0 Å².